The van der Waals surface area contributed by atoms with Crippen LogP contribution in [0.4, 0.5) is 4.79 Å². The summed E-state index contributed by atoms with van der Waals surface area (Å²) < 4.78 is 6.18. The van der Waals surface area contributed by atoms with Gasteiger partial charge in [0.15, 0.2) is 8.32 Å². The number of nitrogens with zero attached hydrogens (tertiary/aromatic N) is 2. The predicted molar refractivity (Wildman–Crippen MR) is 108 cm³/mol. The number of rotatable bonds is 8. The van der Waals surface area contributed by atoms with Gasteiger partial charge in [-0.2, -0.15) is 0 Å². The smallest absolute Gasteiger partial charge is 0.407 e. The van der Waals surface area contributed by atoms with E-state index in [9.17, 15) is 15.0 Å². The number of carbonyl (C=O) groups is 1. The average molecular weight is 403 g/mol. The van der Waals surface area contributed by atoms with Crippen LogP contribution >= 0.6 is 11.3 Å². The minimum absolute atomic E-state index is 0.104. The van der Waals surface area contributed by atoms with Crippen molar-refractivity contribution in [2.75, 3.05) is 7.05 Å². The highest BCUT2D eigenvalue weighted by Crippen LogP contribution is 2.37. The van der Waals surface area contributed by atoms with Crippen LogP contribution in [0.2, 0.25) is 18.1 Å². The molecule has 26 heavy (non-hydrogen) atoms. The molecule has 0 fully saturated rings. The lowest BCUT2D eigenvalue weighted by Crippen LogP contribution is -2.40. The maximum absolute atomic E-state index is 11.2. The van der Waals surface area contributed by atoms with E-state index in [4.69, 9.17) is 4.43 Å². The van der Waals surface area contributed by atoms with E-state index in [2.05, 4.69) is 38.8 Å². The van der Waals surface area contributed by atoms with Gasteiger partial charge in [-0.15, -0.1) is 11.3 Å². The fraction of sp³-hybridized carbons (Fsp3) is 0.778. The van der Waals surface area contributed by atoms with Crippen molar-refractivity contribution in [2.24, 2.45) is 5.92 Å². The largest absolute Gasteiger partial charge is 0.465 e. The molecular weight excluding hydrogens is 368 g/mol. The molecule has 0 bridgehead atoms. The van der Waals surface area contributed by atoms with E-state index < -0.39 is 20.5 Å². The number of amides is 1. The number of aromatic nitrogens is 1. The second-order valence-corrected chi connectivity index (χ2v) is 14.4. The Morgan fingerprint density at radius 3 is 2.42 bits per heavy atom. The van der Waals surface area contributed by atoms with E-state index in [0.29, 0.717) is 18.0 Å². The Labute approximate surface area is 162 Å². The molecular formula is C18H34N2O4SSi. The van der Waals surface area contributed by atoms with Crippen molar-refractivity contribution >= 4 is 25.7 Å². The van der Waals surface area contributed by atoms with Gasteiger partial charge in [0.05, 0.1) is 12.3 Å². The quantitative estimate of drug-likeness (QED) is 0.615. The zero-order valence-electron chi connectivity index (χ0n) is 17.2. The lowest BCUT2D eigenvalue weighted by Gasteiger charge is -2.35. The highest BCUT2D eigenvalue weighted by Gasteiger charge is 2.37. The first-order valence-corrected chi connectivity index (χ1v) is 12.8. The van der Waals surface area contributed by atoms with Gasteiger partial charge in [0, 0.05) is 24.9 Å². The average Bonchev–Trinajstić information content (AvgIpc) is 2.97. The third-order valence-electron chi connectivity index (χ3n) is 5.28. The number of hydrogen-bond donors (Lipinski definition) is 2. The van der Waals surface area contributed by atoms with Crippen LogP contribution in [-0.2, 0) is 11.0 Å². The standard InChI is InChI=1S/C18H34N2O4SSi/c1-12(2)14(20(6)17(22)23)9-15(21)16-19-13(11-25-16)10-24-26(7,8)18(3,4)5/h11-12,14-15,21H,9-10H2,1-8H3,(H,22,23)/t14-,15-/m1/s1. The highest BCUT2D eigenvalue weighted by molar-refractivity contribution is 7.09. The number of aliphatic hydroxyl groups is 1. The molecule has 6 nitrogen and oxygen atoms in total. The van der Waals surface area contributed by atoms with Gasteiger partial charge >= 0.3 is 6.09 Å². The van der Waals surface area contributed by atoms with Gasteiger partial charge in [0.2, 0.25) is 0 Å². The third kappa shape index (κ3) is 6.04. The number of thiazole rings is 1. The molecule has 0 aliphatic carbocycles. The highest BCUT2D eigenvalue weighted by atomic mass is 32.1. The van der Waals surface area contributed by atoms with Crippen molar-refractivity contribution in [3.63, 3.8) is 0 Å². The number of carboxylic acid groups (broad SMARTS) is 1. The Morgan fingerprint density at radius 1 is 1.38 bits per heavy atom. The first-order valence-electron chi connectivity index (χ1n) is 8.98. The molecule has 1 rings (SSSR count). The van der Waals surface area contributed by atoms with Crippen molar-refractivity contribution in [1.29, 1.82) is 0 Å². The zero-order valence-corrected chi connectivity index (χ0v) is 19.1. The van der Waals surface area contributed by atoms with E-state index in [1.54, 1.807) is 7.05 Å². The molecule has 0 spiro atoms. The maximum Gasteiger partial charge on any atom is 0.407 e. The fourth-order valence-electron chi connectivity index (χ4n) is 2.36. The molecule has 150 valence electrons. The van der Waals surface area contributed by atoms with Gasteiger partial charge in [-0.25, -0.2) is 9.78 Å². The summed E-state index contributed by atoms with van der Waals surface area (Å²) >= 11 is 1.40. The van der Waals surface area contributed by atoms with E-state index in [1.165, 1.54) is 16.2 Å². The molecule has 2 atom stereocenters. The number of hydrogen-bond acceptors (Lipinski definition) is 5. The predicted octanol–water partition coefficient (Wildman–Crippen LogP) is 4.72. The van der Waals surface area contributed by atoms with Crippen LogP contribution in [0.1, 0.15) is 57.8 Å². The summed E-state index contributed by atoms with van der Waals surface area (Å²) in [5.74, 6) is 0.104. The topological polar surface area (TPSA) is 82.9 Å². The zero-order chi connectivity index (χ0) is 20.3. The van der Waals surface area contributed by atoms with Crippen molar-refractivity contribution in [3.8, 4) is 0 Å². The van der Waals surface area contributed by atoms with Crippen LogP contribution in [0, 0.1) is 5.92 Å². The van der Waals surface area contributed by atoms with Crippen LogP contribution in [-0.4, -0.2) is 47.6 Å². The van der Waals surface area contributed by atoms with Crippen LogP contribution < -0.4 is 0 Å². The third-order valence-corrected chi connectivity index (χ3v) is 10.7. The Morgan fingerprint density at radius 2 is 1.96 bits per heavy atom. The summed E-state index contributed by atoms with van der Waals surface area (Å²) in [6.07, 6.45) is -1.44. The second kappa shape index (κ2) is 8.82. The van der Waals surface area contributed by atoms with E-state index >= 15 is 0 Å². The number of aliphatic hydroxyl groups excluding tert-OH is 1. The fourth-order valence-corrected chi connectivity index (χ4v) is 4.10. The van der Waals surface area contributed by atoms with Gasteiger partial charge in [-0.3, -0.25) is 0 Å². The van der Waals surface area contributed by atoms with Crippen molar-refractivity contribution in [1.82, 2.24) is 9.88 Å². The summed E-state index contributed by atoms with van der Waals surface area (Å²) in [4.78, 5) is 17.0. The maximum atomic E-state index is 11.2. The minimum Gasteiger partial charge on any atom is -0.465 e. The van der Waals surface area contributed by atoms with Crippen LogP contribution in [0.15, 0.2) is 5.38 Å². The molecule has 0 aliphatic heterocycles. The molecule has 0 saturated heterocycles. The monoisotopic (exact) mass is 402 g/mol. The van der Waals surface area contributed by atoms with Crippen molar-refractivity contribution < 1.29 is 19.4 Å². The normalized spacial score (nSPS) is 15.2. The Bertz CT molecular complexity index is 598. The van der Waals surface area contributed by atoms with Gasteiger partial charge < -0.3 is 19.5 Å². The van der Waals surface area contributed by atoms with Gasteiger partial charge in [-0.1, -0.05) is 34.6 Å². The Balaban J connectivity index is 2.75. The second-order valence-electron chi connectivity index (χ2n) is 8.68. The SMILES string of the molecule is CC(C)[C@@H](C[C@@H](O)c1nc(CO[Si](C)(C)C(C)(C)C)cs1)N(C)C(=O)O. The molecule has 1 aromatic heterocycles. The molecule has 2 N–H and O–H groups in total. The van der Waals surface area contributed by atoms with Crippen molar-refractivity contribution in [2.45, 2.75) is 77.9 Å². The van der Waals surface area contributed by atoms with Crippen LogP contribution in [0.25, 0.3) is 0 Å². The molecule has 1 heterocycles. The summed E-state index contributed by atoms with van der Waals surface area (Å²) in [6, 6.07) is -0.265. The molecule has 8 heteroatoms. The summed E-state index contributed by atoms with van der Waals surface area (Å²) in [7, 11) is -0.302. The van der Waals surface area contributed by atoms with Gasteiger partial charge in [0.1, 0.15) is 11.1 Å². The first-order chi connectivity index (χ1) is 11.8. The van der Waals surface area contributed by atoms with Crippen molar-refractivity contribution in [3.05, 3.63) is 16.1 Å². The summed E-state index contributed by atoms with van der Waals surface area (Å²) in [6.45, 7) is 15.3. The van der Waals surface area contributed by atoms with Gasteiger partial charge in [-0.05, 0) is 24.1 Å². The van der Waals surface area contributed by atoms with Gasteiger partial charge in [0.25, 0.3) is 0 Å². The molecule has 1 amide bonds. The summed E-state index contributed by atoms with van der Waals surface area (Å²) in [5.41, 5.74) is 0.821. The molecule has 0 radical (unpaired) electrons. The molecule has 0 saturated carbocycles. The molecule has 1 aromatic rings. The van der Waals surface area contributed by atoms with E-state index in [1.807, 2.05) is 19.2 Å². The lowest BCUT2D eigenvalue weighted by atomic mass is 9.97. The lowest BCUT2D eigenvalue weighted by molar-refractivity contribution is 0.0840. The van der Waals surface area contributed by atoms with E-state index in [0.717, 1.165) is 5.69 Å². The summed E-state index contributed by atoms with van der Waals surface area (Å²) in [5, 5.41) is 22.4. The molecule has 0 aliphatic rings. The molecule has 0 unspecified atom stereocenters. The molecule has 0 aromatic carbocycles. The van der Waals surface area contributed by atoms with Crippen LogP contribution in [0.3, 0.4) is 0 Å². The Kier molecular flexibility index (Phi) is 7.83. The van der Waals surface area contributed by atoms with Crippen LogP contribution in [0.5, 0.6) is 0 Å². The minimum atomic E-state index is -1.84. The Hall–Kier alpha value is -0.963. The first kappa shape index (κ1) is 23.1. The van der Waals surface area contributed by atoms with E-state index in [-0.39, 0.29) is 17.0 Å².